The van der Waals surface area contributed by atoms with E-state index in [1.165, 1.54) is 26.0 Å². The molecule has 204 valence electrons. The number of nitrogens with one attached hydrogen (secondary N) is 2. The molecule has 0 aliphatic carbocycles. The molecule has 2 heterocycles. The maximum absolute atomic E-state index is 13.6. The number of ether oxygens (including phenoxy) is 2. The van der Waals surface area contributed by atoms with Crippen molar-refractivity contribution >= 4 is 25.3 Å². The predicted molar refractivity (Wildman–Crippen MR) is 131 cm³/mol. The lowest BCUT2D eigenvalue weighted by Gasteiger charge is -2.27. The number of para-hydroxylation sites is 1. The summed E-state index contributed by atoms with van der Waals surface area (Å²) in [5, 5.41) is 23.8. The van der Waals surface area contributed by atoms with Crippen molar-refractivity contribution in [2.45, 2.75) is 63.9 Å². The van der Waals surface area contributed by atoms with Gasteiger partial charge in [-0.1, -0.05) is 29.8 Å². The van der Waals surface area contributed by atoms with Crippen LogP contribution in [0.2, 0.25) is 5.02 Å². The minimum atomic E-state index is -4.29. The Kier molecular flexibility index (Phi) is 9.01. The normalized spacial score (nSPS) is 26.0. The first kappa shape index (κ1) is 29.1. The van der Waals surface area contributed by atoms with E-state index in [0.29, 0.717) is 0 Å². The number of H-pyrrole nitrogens is 1. The molecule has 2 aromatic rings. The molecule has 1 fully saturated rings. The van der Waals surface area contributed by atoms with Gasteiger partial charge in [0.15, 0.2) is 6.23 Å². The highest BCUT2D eigenvalue weighted by Crippen LogP contribution is 2.46. The van der Waals surface area contributed by atoms with Gasteiger partial charge in [0.1, 0.15) is 34.6 Å². The van der Waals surface area contributed by atoms with E-state index in [9.17, 15) is 29.2 Å². The van der Waals surface area contributed by atoms with Crippen LogP contribution >= 0.6 is 19.3 Å². The number of aliphatic hydroxyl groups excluding tert-OH is 1. The molecule has 1 aliphatic rings. The monoisotopic (exact) mass is 561 g/mol. The summed E-state index contributed by atoms with van der Waals surface area (Å²) < 4.78 is 36.3. The predicted octanol–water partition coefficient (Wildman–Crippen LogP) is 1.33. The zero-order valence-corrected chi connectivity index (χ0v) is 22.1. The van der Waals surface area contributed by atoms with Gasteiger partial charge in [-0.2, -0.15) is 5.09 Å². The Hall–Kier alpha value is -2.51. The van der Waals surface area contributed by atoms with Crippen LogP contribution in [0.5, 0.6) is 5.75 Å². The molecule has 0 amide bonds. The Labute approximate surface area is 216 Å². The highest BCUT2D eigenvalue weighted by Gasteiger charge is 2.54. The molecule has 1 aromatic carbocycles. The molecule has 0 radical (unpaired) electrons. The fraction of sp³-hybridized carbons (Fsp3) is 0.500. The third-order valence-electron chi connectivity index (χ3n) is 5.37. The number of hydrogen-bond acceptors (Lipinski definition) is 10. The van der Waals surface area contributed by atoms with Crippen molar-refractivity contribution in [2.24, 2.45) is 0 Å². The van der Waals surface area contributed by atoms with Crippen molar-refractivity contribution < 1.29 is 38.1 Å². The molecule has 0 saturated carbocycles. The minimum absolute atomic E-state index is 0.162. The lowest BCUT2D eigenvalue weighted by atomic mass is 9.96. The SMILES string of the molecule is CC(C)OC(=O)[C@@H](C)N[P@](=O)(OC[C@H]1O[C@@H](n2cc(Cl)c(=O)[nH]c2=O)[C@](C)(O)[C@@H]1O)Oc1ccccc1. The second-order valence-corrected chi connectivity index (χ2v) is 11.0. The number of rotatable bonds is 10. The molecular formula is C22H29ClN3O10P. The van der Waals surface area contributed by atoms with Crippen molar-refractivity contribution in [2.75, 3.05) is 6.61 Å². The van der Waals surface area contributed by atoms with Gasteiger partial charge in [-0.3, -0.25) is 23.7 Å². The zero-order chi connectivity index (χ0) is 27.5. The average Bonchev–Trinajstić information content (AvgIpc) is 3.03. The number of nitrogens with zero attached hydrogens (tertiary/aromatic N) is 1. The van der Waals surface area contributed by atoms with E-state index in [-0.39, 0.29) is 10.8 Å². The Morgan fingerprint density at radius 1 is 1.30 bits per heavy atom. The molecule has 15 heteroatoms. The number of carbonyl (C=O) groups excluding carboxylic acids is 1. The molecule has 6 atom stereocenters. The second kappa shape index (κ2) is 11.5. The second-order valence-electron chi connectivity index (χ2n) is 8.88. The van der Waals surface area contributed by atoms with Gasteiger partial charge in [0.25, 0.3) is 5.56 Å². The van der Waals surface area contributed by atoms with E-state index in [1.54, 1.807) is 32.0 Å². The van der Waals surface area contributed by atoms with Gasteiger partial charge in [0, 0.05) is 6.20 Å². The molecule has 37 heavy (non-hydrogen) atoms. The first-order valence-electron chi connectivity index (χ1n) is 11.3. The third kappa shape index (κ3) is 6.88. The first-order chi connectivity index (χ1) is 17.2. The van der Waals surface area contributed by atoms with Gasteiger partial charge >= 0.3 is 19.4 Å². The van der Waals surface area contributed by atoms with Crippen molar-refractivity contribution in [1.82, 2.24) is 14.6 Å². The molecule has 3 rings (SSSR count). The summed E-state index contributed by atoms with van der Waals surface area (Å²) >= 11 is 5.81. The van der Waals surface area contributed by atoms with Crippen molar-refractivity contribution in [1.29, 1.82) is 0 Å². The van der Waals surface area contributed by atoms with Crippen molar-refractivity contribution in [3.8, 4) is 5.75 Å². The van der Waals surface area contributed by atoms with Crippen LogP contribution in [0.1, 0.15) is 33.9 Å². The average molecular weight is 562 g/mol. The van der Waals surface area contributed by atoms with Crippen LogP contribution in [0.15, 0.2) is 46.1 Å². The number of aliphatic hydroxyl groups is 2. The molecule has 13 nitrogen and oxygen atoms in total. The van der Waals surface area contributed by atoms with Crippen molar-refractivity contribution in [3.05, 3.63) is 62.4 Å². The van der Waals surface area contributed by atoms with Crippen LogP contribution in [-0.2, 0) is 23.4 Å². The molecule has 1 aliphatic heterocycles. The van der Waals surface area contributed by atoms with E-state index in [2.05, 4.69) is 5.09 Å². The summed E-state index contributed by atoms with van der Waals surface area (Å²) in [6.45, 7) is 5.33. The van der Waals surface area contributed by atoms with E-state index in [0.717, 1.165) is 10.8 Å². The maximum Gasteiger partial charge on any atom is 0.459 e. The molecule has 0 unspecified atom stereocenters. The van der Waals surface area contributed by atoms with E-state index in [1.807, 2.05) is 4.98 Å². The van der Waals surface area contributed by atoms with Crippen LogP contribution in [0.4, 0.5) is 0 Å². The number of hydrogen-bond donors (Lipinski definition) is 4. The van der Waals surface area contributed by atoms with Gasteiger partial charge in [-0.05, 0) is 39.8 Å². The Balaban J connectivity index is 1.82. The summed E-state index contributed by atoms with van der Waals surface area (Å²) in [5.41, 5.74) is -3.83. The number of benzene rings is 1. The van der Waals surface area contributed by atoms with Crippen LogP contribution in [0.3, 0.4) is 0 Å². The van der Waals surface area contributed by atoms with Gasteiger partial charge in [0.2, 0.25) is 0 Å². The lowest BCUT2D eigenvalue weighted by molar-refractivity contribution is -0.149. The first-order valence-corrected chi connectivity index (χ1v) is 13.2. The Morgan fingerprint density at radius 3 is 2.57 bits per heavy atom. The van der Waals surface area contributed by atoms with Gasteiger partial charge in [-0.25, -0.2) is 9.36 Å². The standard InChI is InChI=1S/C22H29ClN3O10P/c1-12(2)34-19(29)13(3)25-37(32,36-14-8-6-5-7-9-14)33-11-16-17(27)22(4,31)20(35-16)26-10-15(23)18(28)24-21(26)30/h5-10,12-13,16-17,20,27,31H,11H2,1-4H3,(H,25,32)(H,24,28,30)/t13-,16-,17-,20-,22-,37+/m1/s1. The highest BCUT2D eigenvalue weighted by atomic mass is 35.5. The maximum atomic E-state index is 13.6. The summed E-state index contributed by atoms with van der Waals surface area (Å²) in [7, 11) is -4.29. The number of aromatic nitrogens is 2. The summed E-state index contributed by atoms with van der Waals surface area (Å²) in [4.78, 5) is 38.1. The topological polar surface area (TPSA) is 178 Å². The highest BCUT2D eigenvalue weighted by molar-refractivity contribution is 7.52. The molecule has 1 aromatic heterocycles. The zero-order valence-electron chi connectivity index (χ0n) is 20.5. The number of aromatic amines is 1. The summed E-state index contributed by atoms with van der Waals surface area (Å²) in [5.74, 6) is -0.542. The smallest absolute Gasteiger partial charge is 0.459 e. The quantitative estimate of drug-likeness (QED) is 0.243. The number of esters is 1. The summed E-state index contributed by atoms with van der Waals surface area (Å²) in [6.07, 6.45) is -3.89. The fourth-order valence-corrected chi connectivity index (χ4v) is 5.17. The fourth-order valence-electron chi connectivity index (χ4n) is 3.52. The molecule has 1 saturated heterocycles. The lowest BCUT2D eigenvalue weighted by Crippen LogP contribution is -2.47. The minimum Gasteiger partial charge on any atom is -0.462 e. The summed E-state index contributed by atoms with van der Waals surface area (Å²) in [6, 6.07) is 6.91. The van der Waals surface area contributed by atoms with Crippen LogP contribution in [-0.4, -0.2) is 62.3 Å². The van der Waals surface area contributed by atoms with Crippen LogP contribution in [0, 0.1) is 0 Å². The largest absolute Gasteiger partial charge is 0.462 e. The molecular weight excluding hydrogens is 533 g/mol. The third-order valence-corrected chi connectivity index (χ3v) is 7.28. The van der Waals surface area contributed by atoms with Gasteiger partial charge < -0.3 is 24.2 Å². The van der Waals surface area contributed by atoms with E-state index >= 15 is 0 Å². The molecule has 0 spiro atoms. The van der Waals surface area contributed by atoms with Crippen LogP contribution in [0.25, 0.3) is 0 Å². The van der Waals surface area contributed by atoms with Gasteiger partial charge in [-0.15, -0.1) is 0 Å². The Morgan fingerprint density at radius 2 is 1.95 bits per heavy atom. The molecule has 0 bridgehead atoms. The van der Waals surface area contributed by atoms with E-state index < -0.39 is 67.8 Å². The Bertz CT molecular complexity index is 1270. The van der Waals surface area contributed by atoms with Gasteiger partial charge in [0.05, 0.1) is 12.7 Å². The molecule has 4 N–H and O–H groups in total. The van der Waals surface area contributed by atoms with E-state index in [4.69, 9.17) is 30.1 Å². The number of carbonyl (C=O) groups is 1. The van der Waals surface area contributed by atoms with Crippen molar-refractivity contribution in [3.63, 3.8) is 0 Å². The number of halogens is 1. The van der Waals surface area contributed by atoms with Crippen LogP contribution < -0.4 is 20.9 Å².